The largest absolute Gasteiger partial charge is 0.309 e. The van der Waals surface area contributed by atoms with Gasteiger partial charge in [0.25, 0.3) is 0 Å². The average Bonchev–Trinajstić information content (AvgIpc) is 3.94. The van der Waals surface area contributed by atoms with Crippen LogP contribution in [0.3, 0.4) is 0 Å². The summed E-state index contributed by atoms with van der Waals surface area (Å²) in [5.74, 6) is 0.661. The number of nitrogens with zero attached hydrogens (tertiary/aromatic N) is 6. The Hall–Kier alpha value is -9.26. The molecule has 0 bridgehead atoms. The van der Waals surface area contributed by atoms with Crippen LogP contribution in [0.25, 0.3) is 132 Å². The lowest BCUT2D eigenvalue weighted by atomic mass is 9.92. The molecular weight excluding hydrogens is 829 g/mol. The summed E-state index contributed by atoms with van der Waals surface area (Å²) in [4.78, 5) is 19.8. The molecule has 9 aromatic carbocycles. The highest BCUT2D eigenvalue weighted by Crippen LogP contribution is 2.40. The zero-order chi connectivity index (χ0) is 44.7. The quantitative estimate of drug-likeness (QED) is 0.156. The van der Waals surface area contributed by atoms with Crippen LogP contribution in [0, 0.1) is 0 Å². The van der Waals surface area contributed by atoms with Crippen LogP contribution in [-0.2, 0) is 0 Å². The van der Waals surface area contributed by atoms with Crippen molar-refractivity contribution in [3.05, 3.63) is 231 Å². The third-order valence-corrected chi connectivity index (χ3v) is 13.7. The monoisotopic (exact) mass is 866 g/mol. The summed E-state index contributed by atoms with van der Waals surface area (Å²) in [7, 11) is 0. The van der Waals surface area contributed by atoms with Crippen LogP contribution in [0.4, 0.5) is 0 Å². The predicted molar refractivity (Wildman–Crippen MR) is 281 cm³/mol. The molecule has 0 unspecified atom stereocenters. The van der Waals surface area contributed by atoms with E-state index < -0.39 is 0 Å². The molecule has 0 saturated carbocycles. The van der Waals surface area contributed by atoms with Gasteiger partial charge in [-0.3, -0.25) is 9.97 Å². The van der Waals surface area contributed by atoms with Gasteiger partial charge < -0.3 is 9.13 Å². The Morgan fingerprint density at radius 1 is 0.265 bits per heavy atom. The Kier molecular flexibility index (Phi) is 8.48. The van der Waals surface area contributed by atoms with Crippen molar-refractivity contribution in [1.82, 2.24) is 29.1 Å². The summed E-state index contributed by atoms with van der Waals surface area (Å²) in [6.45, 7) is 0. The number of rotatable bonds is 6. The fourth-order valence-electron chi connectivity index (χ4n) is 10.6. The third kappa shape index (κ3) is 5.98. The number of hydrogen-bond acceptors (Lipinski definition) is 4. The standard InChI is InChI=1S/C62H38N6/c1-2-12-41(13-3-1)62-65-56(40-24-22-39(23-25-40)42-26-27-50-48-16-5-4-14-46(48)47-15-6-7-17-49(47)53(50)34-42)36-57(66-62)43-32-44(67-58-20-10-8-18-51(58)54-37-63-30-28-60(54)67)35-45(33-43)68-59-21-11-9-19-52(59)55-38-64-31-29-61(55)68/h1-38H. The molecule has 0 fully saturated rings. The van der Waals surface area contributed by atoms with Gasteiger partial charge in [-0.15, -0.1) is 0 Å². The van der Waals surface area contributed by atoms with Crippen LogP contribution in [0.2, 0.25) is 0 Å². The lowest BCUT2D eigenvalue weighted by molar-refractivity contribution is 1.12. The lowest BCUT2D eigenvalue weighted by Gasteiger charge is -2.16. The van der Waals surface area contributed by atoms with Gasteiger partial charge in [0.1, 0.15) is 0 Å². The number of para-hydroxylation sites is 2. The Bertz CT molecular complexity index is 4040. The first-order chi connectivity index (χ1) is 33.7. The number of aromatic nitrogens is 6. The highest BCUT2D eigenvalue weighted by atomic mass is 15.0. The van der Waals surface area contributed by atoms with E-state index in [1.165, 1.54) is 37.9 Å². The Labute approximate surface area is 390 Å². The summed E-state index contributed by atoms with van der Waals surface area (Å²) in [6.07, 6.45) is 7.69. The van der Waals surface area contributed by atoms with Crippen LogP contribution < -0.4 is 0 Å². The molecule has 0 aliphatic rings. The van der Waals surface area contributed by atoms with Crippen LogP contribution in [0.15, 0.2) is 231 Å². The SMILES string of the molecule is c1ccc(-c2nc(-c3ccc(-c4ccc5c6ccccc6c6ccccc6c5c4)cc3)cc(-c3cc(-n4c5ccccc5c5cnccc54)cc(-n4c5ccccc5c5cnccc54)c3)n2)cc1. The van der Waals surface area contributed by atoms with E-state index >= 15 is 0 Å². The van der Waals surface area contributed by atoms with Crippen molar-refractivity contribution in [3.8, 4) is 56.4 Å². The second-order valence-electron chi connectivity index (χ2n) is 17.5. The van der Waals surface area contributed by atoms with Gasteiger partial charge in [-0.2, -0.15) is 0 Å². The molecule has 0 aliphatic carbocycles. The fourth-order valence-corrected chi connectivity index (χ4v) is 10.6. The van der Waals surface area contributed by atoms with Crippen LogP contribution in [0.5, 0.6) is 0 Å². The molecular formula is C62H38N6. The number of benzene rings is 9. The van der Waals surface area contributed by atoms with Crippen molar-refractivity contribution < 1.29 is 0 Å². The molecule has 14 rings (SSSR count). The molecule has 0 saturated heterocycles. The maximum absolute atomic E-state index is 5.38. The van der Waals surface area contributed by atoms with Gasteiger partial charge in [-0.1, -0.05) is 152 Å². The molecule has 0 amide bonds. The fraction of sp³-hybridized carbons (Fsp3) is 0. The minimum atomic E-state index is 0.661. The highest BCUT2D eigenvalue weighted by molar-refractivity contribution is 6.25. The van der Waals surface area contributed by atoms with Crippen LogP contribution in [-0.4, -0.2) is 29.1 Å². The zero-order valence-electron chi connectivity index (χ0n) is 36.6. The van der Waals surface area contributed by atoms with Crippen molar-refractivity contribution in [3.63, 3.8) is 0 Å². The van der Waals surface area contributed by atoms with Crippen molar-refractivity contribution in [2.45, 2.75) is 0 Å². The van der Waals surface area contributed by atoms with E-state index in [2.05, 4.69) is 207 Å². The number of pyridine rings is 2. The highest BCUT2D eigenvalue weighted by Gasteiger charge is 2.20. The van der Waals surface area contributed by atoms with Gasteiger partial charge in [0.15, 0.2) is 5.82 Å². The Morgan fingerprint density at radius 2 is 0.706 bits per heavy atom. The first-order valence-electron chi connectivity index (χ1n) is 22.9. The number of fused-ring (bicyclic) bond motifs is 12. The molecule has 0 spiro atoms. The third-order valence-electron chi connectivity index (χ3n) is 13.7. The van der Waals surface area contributed by atoms with E-state index in [1.807, 2.05) is 43.0 Å². The summed E-state index contributed by atoms with van der Waals surface area (Å²) >= 11 is 0. The Morgan fingerprint density at radius 3 is 1.28 bits per heavy atom. The van der Waals surface area contributed by atoms with E-state index in [0.29, 0.717) is 5.82 Å². The van der Waals surface area contributed by atoms with Gasteiger partial charge >= 0.3 is 0 Å². The van der Waals surface area contributed by atoms with Crippen molar-refractivity contribution >= 4 is 75.9 Å². The zero-order valence-corrected chi connectivity index (χ0v) is 36.6. The molecule has 14 aromatic rings. The minimum absolute atomic E-state index is 0.661. The van der Waals surface area contributed by atoms with E-state index in [0.717, 1.165) is 88.6 Å². The molecule has 0 N–H and O–H groups in total. The first-order valence-corrected chi connectivity index (χ1v) is 22.9. The van der Waals surface area contributed by atoms with Gasteiger partial charge in [0.05, 0.1) is 33.5 Å². The molecule has 0 radical (unpaired) electrons. The number of hydrogen-bond donors (Lipinski definition) is 0. The average molecular weight is 867 g/mol. The lowest BCUT2D eigenvalue weighted by Crippen LogP contribution is -2.01. The van der Waals surface area contributed by atoms with E-state index in [1.54, 1.807) is 0 Å². The molecule has 5 aromatic heterocycles. The summed E-state index contributed by atoms with van der Waals surface area (Å²) < 4.78 is 4.71. The van der Waals surface area contributed by atoms with Gasteiger partial charge in [-0.25, -0.2) is 9.97 Å². The van der Waals surface area contributed by atoms with E-state index in [4.69, 9.17) is 9.97 Å². The molecule has 316 valence electrons. The normalized spacial score (nSPS) is 11.8. The smallest absolute Gasteiger partial charge is 0.160 e. The minimum Gasteiger partial charge on any atom is -0.309 e. The topological polar surface area (TPSA) is 61.4 Å². The molecule has 5 heterocycles. The Balaban J connectivity index is 0.965. The van der Waals surface area contributed by atoms with Gasteiger partial charge in [-0.05, 0) is 98.0 Å². The van der Waals surface area contributed by atoms with Crippen LogP contribution in [0.1, 0.15) is 0 Å². The van der Waals surface area contributed by atoms with Crippen molar-refractivity contribution in [1.29, 1.82) is 0 Å². The molecule has 0 aliphatic heterocycles. The van der Waals surface area contributed by atoms with E-state index in [-0.39, 0.29) is 0 Å². The summed E-state index contributed by atoms with van der Waals surface area (Å²) in [5.41, 5.74) is 13.3. The van der Waals surface area contributed by atoms with Gasteiger partial charge in [0.2, 0.25) is 0 Å². The first kappa shape index (κ1) is 38.1. The summed E-state index contributed by atoms with van der Waals surface area (Å²) in [5, 5.41) is 12.1. The maximum Gasteiger partial charge on any atom is 0.160 e. The summed E-state index contributed by atoms with van der Waals surface area (Å²) in [6, 6.07) is 73.8. The predicted octanol–water partition coefficient (Wildman–Crippen LogP) is 15.6. The molecule has 68 heavy (non-hydrogen) atoms. The van der Waals surface area contributed by atoms with Crippen molar-refractivity contribution in [2.24, 2.45) is 0 Å². The van der Waals surface area contributed by atoms with Gasteiger partial charge in [0, 0.05) is 74.4 Å². The molecule has 0 atom stereocenters. The van der Waals surface area contributed by atoms with Crippen LogP contribution >= 0.6 is 0 Å². The maximum atomic E-state index is 5.38. The van der Waals surface area contributed by atoms with E-state index in [9.17, 15) is 0 Å². The van der Waals surface area contributed by atoms with Crippen molar-refractivity contribution in [2.75, 3.05) is 0 Å². The molecule has 6 heteroatoms. The second-order valence-corrected chi connectivity index (χ2v) is 17.5. The molecule has 6 nitrogen and oxygen atoms in total. The second kappa shape index (κ2) is 15.2.